The molecule has 3 nitrogen and oxygen atoms in total. The fraction of sp³-hybridized carbons (Fsp3) is 1.00. The molecule has 0 aromatic heterocycles. The van der Waals surface area contributed by atoms with Gasteiger partial charge in [-0.05, 0) is 0 Å². The van der Waals surface area contributed by atoms with Gasteiger partial charge in [-0.1, -0.05) is 13.8 Å². The maximum absolute atomic E-state index is 8.39. The van der Waals surface area contributed by atoms with Crippen LogP contribution < -0.4 is 0 Å². The summed E-state index contributed by atoms with van der Waals surface area (Å²) in [4.78, 5) is 0. The van der Waals surface area contributed by atoms with Gasteiger partial charge in [0, 0.05) is 13.1 Å². The smallest absolute Gasteiger partial charge is 0.0890 e. The summed E-state index contributed by atoms with van der Waals surface area (Å²) in [6.07, 6.45) is 0. The van der Waals surface area contributed by atoms with E-state index in [0.717, 1.165) is 13.1 Å². The van der Waals surface area contributed by atoms with E-state index in [1.165, 1.54) is 0 Å². The highest BCUT2D eigenvalue weighted by Gasteiger charge is 1.96. The molecule has 0 bridgehead atoms. The van der Waals surface area contributed by atoms with Crippen LogP contribution in [0.15, 0.2) is 0 Å². The van der Waals surface area contributed by atoms with Crippen molar-refractivity contribution in [2.24, 2.45) is 0 Å². The van der Waals surface area contributed by atoms with Crippen LogP contribution in [0.4, 0.5) is 0 Å². The summed E-state index contributed by atoms with van der Waals surface area (Å²) in [7, 11) is 0.404. The predicted molar refractivity (Wildman–Crippen MR) is 44.3 cm³/mol. The summed E-state index contributed by atoms with van der Waals surface area (Å²) in [5, 5.41) is 8.39. The van der Waals surface area contributed by atoms with Gasteiger partial charge in [-0.15, -0.1) is 0 Å². The fourth-order valence-electron chi connectivity index (χ4n) is 0.535. The Labute approximate surface area is 64.3 Å². The molecule has 0 aliphatic carbocycles. The largest absolute Gasteiger partial charge is 0.394 e. The zero-order valence-electron chi connectivity index (χ0n) is 6.63. The minimum absolute atomic E-state index is 0.119. The summed E-state index contributed by atoms with van der Waals surface area (Å²) in [5.74, 6) is 0. The minimum atomic E-state index is 0.119. The van der Waals surface area contributed by atoms with Crippen molar-refractivity contribution < 1.29 is 9.63 Å². The van der Waals surface area contributed by atoms with E-state index in [1.54, 1.807) is 0 Å². The maximum Gasteiger partial charge on any atom is 0.0890 e. The second-order valence-electron chi connectivity index (χ2n) is 1.84. The van der Waals surface area contributed by atoms with Gasteiger partial charge in [0.25, 0.3) is 0 Å². The molecule has 0 fully saturated rings. The van der Waals surface area contributed by atoms with Crippen molar-refractivity contribution >= 4 is 8.96 Å². The summed E-state index contributed by atoms with van der Waals surface area (Å²) < 4.78 is 7.31. The van der Waals surface area contributed by atoms with Gasteiger partial charge < -0.3 is 9.63 Å². The van der Waals surface area contributed by atoms with Crippen LogP contribution in [0.3, 0.4) is 0 Å². The Morgan fingerprint density at radius 3 is 2.40 bits per heavy atom. The molecule has 0 saturated carbocycles. The molecular weight excluding hydrogens is 149 g/mol. The molecule has 10 heavy (non-hydrogen) atoms. The van der Waals surface area contributed by atoms with Crippen LogP contribution in [-0.4, -0.2) is 36.1 Å². The number of hydrogen-bond donors (Lipinski definition) is 1. The molecule has 62 valence electrons. The van der Waals surface area contributed by atoms with E-state index in [1.807, 2.05) is 0 Å². The first-order valence-electron chi connectivity index (χ1n) is 3.58. The van der Waals surface area contributed by atoms with Crippen molar-refractivity contribution in [1.82, 2.24) is 4.67 Å². The van der Waals surface area contributed by atoms with Gasteiger partial charge in [0.1, 0.15) is 0 Å². The van der Waals surface area contributed by atoms with Crippen LogP contribution >= 0.6 is 8.96 Å². The Morgan fingerprint density at radius 1 is 1.40 bits per heavy atom. The Morgan fingerprint density at radius 2 is 2.00 bits per heavy atom. The Balaban J connectivity index is 3.09. The highest BCUT2D eigenvalue weighted by molar-refractivity contribution is 7.29. The second kappa shape index (κ2) is 7.42. The molecular formula is C6H16NO2P. The van der Waals surface area contributed by atoms with Crippen LogP contribution in [0.1, 0.15) is 13.8 Å². The molecule has 4 heteroatoms. The lowest BCUT2D eigenvalue weighted by atomic mass is 10.7. The molecule has 0 radical (unpaired) electrons. The Bertz CT molecular complexity index is 68.8. The normalized spacial score (nSPS) is 12.0. The summed E-state index contributed by atoms with van der Waals surface area (Å²) in [6.45, 7) is 6.79. The van der Waals surface area contributed by atoms with Gasteiger partial charge in [0.05, 0.1) is 22.2 Å². The molecule has 0 aromatic carbocycles. The van der Waals surface area contributed by atoms with Crippen LogP contribution in [0.2, 0.25) is 0 Å². The van der Waals surface area contributed by atoms with Gasteiger partial charge in [0.15, 0.2) is 0 Å². The van der Waals surface area contributed by atoms with E-state index in [-0.39, 0.29) is 6.61 Å². The lowest BCUT2D eigenvalue weighted by molar-refractivity contribution is 0.209. The van der Waals surface area contributed by atoms with Crippen molar-refractivity contribution in [3.63, 3.8) is 0 Å². The van der Waals surface area contributed by atoms with E-state index < -0.39 is 0 Å². The molecule has 0 aliphatic heterocycles. The van der Waals surface area contributed by atoms with Crippen LogP contribution in [0, 0.1) is 0 Å². The van der Waals surface area contributed by atoms with Gasteiger partial charge in [-0.3, -0.25) is 4.67 Å². The van der Waals surface area contributed by atoms with Gasteiger partial charge in [-0.2, -0.15) is 0 Å². The Kier molecular flexibility index (Phi) is 7.65. The molecule has 0 spiro atoms. The lowest BCUT2D eigenvalue weighted by Crippen LogP contribution is -2.13. The molecule has 1 N–H and O–H groups in total. The van der Waals surface area contributed by atoms with E-state index >= 15 is 0 Å². The quantitative estimate of drug-likeness (QED) is 0.467. The van der Waals surface area contributed by atoms with Crippen molar-refractivity contribution in [1.29, 1.82) is 0 Å². The first-order chi connectivity index (χ1) is 4.85. The number of aliphatic hydroxyl groups excluding tert-OH is 1. The van der Waals surface area contributed by atoms with E-state index in [9.17, 15) is 0 Å². The summed E-state index contributed by atoms with van der Waals surface area (Å²) in [6, 6.07) is 0. The standard InChI is InChI=1S/C6H16NO2P/c1-3-7(4-2)10-9-6-5-8/h8,10H,3-6H2,1-2H3. The molecule has 0 aliphatic rings. The van der Waals surface area contributed by atoms with Crippen LogP contribution in [0.25, 0.3) is 0 Å². The third-order valence-electron chi connectivity index (χ3n) is 1.15. The minimum Gasteiger partial charge on any atom is -0.394 e. The fourth-order valence-corrected chi connectivity index (χ4v) is 1.16. The highest BCUT2D eigenvalue weighted by Crippen LogP contribution is 2.17. The average Bonchev–Trinajstić information content (AvgIpc) is 1.99. The SMILES string of the molecule is CCN(CC)POCCO. The van der Waals surface area contributed by atoms with Gasteiger partial charge >= 0.3 is 0 Å². The lowest BCUT2D eigenvalue weighted by Gasteiger charge is -2.16. The molecule has 0 aromatic rings. The second-order valence-corrected chi connectivity index (χ2v) is 2.94. The monoisotopic (exact) mass is 165 g/mol. The zero-order valence-corrected chi connectivity index (χ0v) is 7.63. The summed E-state index contributed by atoms with van der Waals surface area (Å²) >= 11 is 0. The third-order valence-corrected chi connectivity index (χ3v) is 2.37. The Hall–Kier alpha value is 0.310. The van der Waals surface area contributed by atoms with Crippen LogP contribution in [0.5, 0.6) is 0 Å². The maximum atomic E-state index is 8.39. The van der Waals surface area contributed by atoms with Gasteiger partial charge in [0.2, 0.25) is 0 Å². The van der Waals surface area contributed by atoms with Crippen molar-refractivity contribution in [3.05, 3.63) is 0 Å². The van der Waals surface area contributed by atoms with Crippen molar-refractivity contribution in [3.8, 4) is 0 Å². The van der Waals surface area contributed by atoms with Crippen molar-refractivity contribution in [2.45, 2.75) is 13.8 Å². The molecule has 1 unspecified atom stereocenters. The van der Waals surface area contributed by atoms with E-state index in [2.05, 4.69) is 18.5 Å². The van der Waals surface area contributed by atoms with Gasteiger partial charge in [-0.25, -0.2) is 0 Å². The van der Waals surface area contributed by atoms with Crippen LogP contribution in [-0.2, 0) is 4.52 Å². The molecule has 1 atom stereocenters. The van der Waals surface area contributed by atoms with E-state index in [4.69, 9.17) is 9.63 Å². The predicted octanol–water partition coefficient (Wildman–Crippen LogP) is 0.846. The topological polar surface area (TPSA) is 32.7 Å². The zero-order chi connectivity index (χ0) is 7.82. The first kappa shape index (κ1) is 10.3. The number of rotatable bonds is 6. The molecule has 0 heterocycles. The molecule has 0 saturated heterocycles. The number of aliphatic hydroxyl groups is 1. The third kappa shape index (κ3) is 5.12. The molecule has 0 amide bonds. The highest BCUT2D eigenvalue weighted by atomic mass is 31.1. The molecule has 0 rings (SSSR count). The summed E-state index contributed by atoms with van der Waals surface area (Å²) in [5.41, 5.74) is 0. The average molecular weight is 165 g/mol. The first-order valence-corrected chi connectivity index (χ1v) is 4.43. The van der Waals surface area contributed by atoms with Crippen molar-refractivity contribution in [2.75, 3.05) is 26.3 Å². The number of hydrogen-bond acceptors (Lipinski definition) is 3. The number of nitrogens with zero attached hydrogens (tertiary/aromatic N) is 1. The van der Waals surface area contributed by atoms with E-state index in [0.29, 0.717) is 15.6 Å².